The Bertz CT molecular complexity index is 964. The zero-order valence-corrected chi connectivity index (χ0v) is 18.1. The molecule has 0 saturated heterocycles. The average Bonchev–Trinajstić information content (AvgIpc) is 3.00. The van der Waals surface area contributed by atoms with Crippen molar-refractivity contribution >= 4 is 40.3 Å². The Hall–Kier alpha value is -3.00. The Morgan fingerprint density at radius 3 is 2.57 bits per heavy atom. The molecule has 30 heavy (non-hydrogen) atoms. The first-order chi connectivity index (χ1) is 14.2. The van der Waals surface area contributed by atoms with E-state index in [1.165, 1.54) is 30.4 Å². The van der Waals surface area contributed by atoms with Crippen molar-refractivity contribution in [1.29, 1.82) is 0 Å². The van der Waals surface area contributed by atoms with E-state index in [0.717, 1.165) is 11.3 Å². The van der Waals surface area contributed by atoms with Crippen LogP contribution in [0.4, 0.5) is 9.39 Å². The van der Waals surface area contributed by atoms with E-state index in [4.69, 9.17) is 9.47 Å². The molecule has 0 saturated carbocycles. The summed E-state index contributed by atoms with van der Waals surface area (Å²) in [7, 11) is 0. The van der Waals surface area contributed by atoms with Gasteiger partial charge in [0.2, 0.25) is 5.91 Å². The van der Waals surface area contributed by atoms with E-state index < -0.39 is 23.7 Å². The number of rotatable bonds is 8. The van der Waals surface area contributed by atoms with Gasteiger partial charge in [-0.1, -0.05) is 26.0 Å². The minimum Gasteiger partial charge on any atom is -0.462 e. The summed E-state index contributed by atoms with van der Waals surface area (Å²) < 4.78 is 23.6. The standard InChI is InChI=1S/C22H24FNO5S/c1-5-28-21(26)18-14(4)19(22(27)29-12-13(2)3)30-20(18)24-17(25)10-9-15-7-6-8-16(23)11-15/h6-11,13H,5,12H2,1-4H3,(H,24,25)/b10-9+. The van der Waals surface area contributed by atoms with Crippen LogP contribution >= 0.6 is 11.3 Å². The van der Waals surface area contributed by atoms with Gasteiger partial charge in [0, 0.05) is 6.08 Å². The molecule has 2 aromatic rings. The number of halogens is 1. The number of esters is 2. The maximum Gasteiger partial charge on any atom is 0.348 e. The summed E-state index contributed by atoms with van der Waals surface area (Å²) in [6.45, 7) is 7.48. The van der Waals surface area contributed by atoms with Crippen LogP contribution in [0.25, 0.3) is 6.08 Å². The molecule has 1 N–H and O–H groups in total. The Morgan fingerprint density at radius 1 is 1.20 bits per heavy atom. The number of carbonyl (C=O) groups is 3. The molecule has 1 aromatic heterocycles. The topological polar surface area (TPSA) is 81.7 Å². The van der Waals surface area contributed by atoms with Crippen LogP contribution in [0.2, 0.25) is 0 Å². The van der Waals surface area contributed by atoms with Gasteiger partial charge >= 0.3 is 11.9 Å². The van der Waals surface area contributed by atoms with Crippen LogP contribution in [-0.2, 0) is 14.3 Å². The van der Waals surface area contributed by atoms with Crippen molar-refractivity contribution in [3.63, 3.8) is 0 Å². The highest BCUT2D eigenvalue weighted by atomic mass is 32.1. The van der Waals surface area contributed by atoms with Crippen LogP contribution in [0.3, 0.4) is 0 Å². The molecule has 0 aliphatic carbocycles. The summed E-state index contributed by atoms with van der Waals surface area (Å²) in [4.78, 5) is 37.4. The van der Waals surface area contributed by atoms with Gasteiger partial charge in [0.1, 0.15) is 15.7 Å². The van der Waals surface area contributed by atoms with Crippen molar-refractivity contribution in [1.82, 2.24) is 0 Å². The third kappa shape index (κ3) is 6.25. The van der Waals surface area contributed by atoms with Gasteiger partial charge in [0.25, 0.3) is 0 Å². The van der Waals surface area contributed by atoms with E-state index in [1.807, 2.05) is 13.8 Å². The van der Waals surface area contributed by atoms with Gasteiger partial charge in [-0.3, -0.25) is 4.79 Å². The van der Waals surface area contributed by atoms with Crippen molar-refractivity contribution in [3.05, 3.63) is 57.7 Å². The lowest BCUT2D eigenvalue weighted by Crippen LogP contribution is -2.13. The lowest BCUT2D eigenvalue weighted by atomic mass is 10.1. The molecule has 0 fully saturated rings. The van der Waals surface area contributed by atoms with Crippen LogP contribution in [0.15, 0.2) is 30.3 Å². The Morgan fingerprint density at radius 2 is 1.93 bits per heavy atom. The van der Waals surface area contributed by atoms with Crippen molar-refractivity contribution in [3.8, 4) is 0 Å². The lowest BCUT2D eigenvalue weighted by molar-refractivity contribution is -0.111. The summed E-state index contributed by atoms with van der Waals surface area (Å²) in [6.07, 6.45) is 2.66. The molecule has 0 aliphatic heterocycles. The zero-order chi connectivity index (χ0) is 22.3. The first-order valence-corrected chi connectivity index (χ1v) is 10.3. The number of thiophene rings is 1. The number of nitrogens with one attached hydrogen (secondary N) is 1. The quantitative estimate of drug-likeness (QED) is 0.476. The minimum absolute atomic E-state index is 0.117. The molecule has 0 radical (unpaired) electrons. The zero-order valence-electron chi connectivity index (χ0n) is 17.3. The molecule has 2 rings (SSSR count). The lowest BCUT2D eigenvalue weighted by Gasteiger charge is -2.06. The number of amides is 1. The minimum atomic E-state index is -0.640. The van der Waals surface area contributed by atoms with Crippen LogP contribution < -0.4 is 5.32 Å². The van der Waals surface area contributed by atoms with Gasteiger partial charge in [-0.2, -0.15) is 0 Å². The maximum absolute atomic E-state index is 13.3. The second-order valence-corrected chi connectivity index (χ2v) is 7.87. The van der Waals surface area contributed by atoms with Crippen LogP contribution in [-0.4, -0.2) is 31.1 Å². The summed E-state index contributed by atoms with van der Waals surface area (Å²) in [5.74, 6) is -1.99. The summed E-state index contributed by atoms with van der Waals surface area (Å²) >= 11 is 0.951. The highest BCUT2D eigenvalue weighted by Gasteiger charge is 2.27. The van der Waals surface area contributed by atoms with Crippen LogP contribution in [0, 0.1) is 18.7 Å². The fourth-order valence-corrected chi connectivity index (χ4v) is 3.58. The fourth-order valence-electron chi connectivity index (χ4n) is 2.49. The average molecular weight is 434 g/mol. The molecule has 0 bridgehead atoms. The summed E-state index contributed by atoms with van der Waals surface area (Å²) in [5, 5.41) is 2.80. The Labute approximate surface area is 178 Å². The van der Waals surface area contributed by atoms with E-state index in [2.05, 4.69) is 5.32 Å². The highest BCUT2D eigenvalue weighted by molar-refractivity contribution is 7.18. The molecular formula is C22H24FNO5S. The van der Waals surface area contributed by atoms with Gasteiger partial charge < -0.3 is 14.8 Å². The predicted octanol–water partition coefficient (Wildman–Crippen LogP) is 4.84. The third-order valence-corrected chi connectivity index (χ3v) is 5.06. The van der Waals surface area contributed by atoms with Gasteiger partial charge in [0.05, 0.1) is 18.8 Å². The van der Waals surface area contributed by atoms with E-state index in [0.29, 0.717) is 11.1 Å². The summed E-state index contributed by atoms with van der Waals surface area (Å²) in [5.41, 5.74) is 1.01. The van der Waals surface area contributed by atoms with Crippen molar-refractivity contribution in [2.45, 2.75) is 27.7 Å². The highest BCUT2D eigenvalue weighted by Crippen LogP contribution is 2.34. The van der Waals surface area contributed by atoms with Gasteiger partial charge in [-0.25, -0.2) is 14.0 Å². The van der Waals surface area contributed by atoms with Gasteiger partial charge in [-0.15, -0.1) is 11.3 Å². The number of anilines is 1. The smallest absolute Gasteiger partial charge is 0.348 e. The predicted molar refractivity (Wildman–Crippen MR) is 114 cm³/mol. The Balaban J connectivity index is 2.28. The van der Waals surface area contributed by atoms with Crippen molar-refractivity contribution in [2.24, 2.45) is 5.92 Å². The monoisotopic (exact) mass is 433 g/mol. The number of hydrogen-bond acceptors (Lipinski definition) is 6. The Kier molecular flexibility index (Phi) is 8.29. The molecule has 0 unspecified atom stereocenters. The molecule has 160 valence electrons. The van der Waals surface area contributed by atoms with E-state index in [9.17, 15) is 18.8 Å². The number of ether oxygens (including phenoxy) is 2. The van der Waals surface area contributed by atoms with Crippen LogP contribution in [0.5, 0.6) is 0 Å². The largest absolute Gasteiger partial charge is 0.462 e. The third-order valence-electron chi connectivity index (χ3n) is 3.87. The summed E-state index contributed by atoms with van der Waals surface area (Å²) in [6, 6.07) is 5.77. The molecule has 0 atom stereocenters. The van der Waals surface area contributed by atoms with Crippen molar-refractivity contribution in [2.75, 3.05) is 18.5 Å². The molecule has 1 heterocycles. The molecule has 6 nitrogen and oxygen atoms in total. The SMILES string of the molecule is CCOC(=O)c1c(NC(=O)/C=C/c2cccc(F)c2)sc(C(=O)OCC(C)C)c1C. The van der Waals surface area contributed by atoms with Crippen molar-refractivity contribution < 1.29 is 28.2 Å². The van der Waals surface area contributed by atoms with E-state index >= 15 is 0 Å². The normalized spacial score (nSPS) is 11.0. The van der Waals surface area contributed by atoms with E-state index in [-0.39, 0.29) is 34.6 Å². The fraction of sp³-hybridized carbons (Fsp3) is 0.318. The number of hydrogen-bond donors (Lipinski definition) is 1. The van der Waals surface area contributed by atoms with E-state index in [1.54, 1.807) is 19.9 Å². The van der Waals surface area contributed by atoms with Gasteiger partial charge in [-0.05, 0) is 49.1 Å². The molecular weight excluding hydrogens is 409 g/mol. The molecule has 1 aromatic carbocycles. The maximum atomic E-state index is 13.3. The first-order valence-electron chi connectivity index (χ1n) is 9.45. The second-order valence-electron chi connectivity index (χ2n) is 6.85. The number of carbonyl (C=O) groups excluding carboxylic acids is 3. The first kappa shape index (κ1) is 23.3. The molecule has 1 amide bonds. The second kappa shape index (κ2) is 10.7. The molecule has 0 aliphatic rings. The van der Waals surface area contributed by atoms with Crippen LogP contribution in [0.1, 0.15) is 51.9 Å². The van der Waals surface area contributed by atoms with Gasteiger partial charge in [0.15, 0.2) is 0 Å². The number of benzene rings is 1. The molecule has 0 spiro atoms. The molecule has 8 heteroatoms.